The Labute approximate surface area is 127 Å². The topological polar surface area (TPSA) is 87.2 Å². The van der Waals surface area contributed by atoms with Crippen molar-refractivity contribution in [3.8, 4) is 6.07 Å². The summed E-state index contributed by atoms with van der Waals surface area (Å²) in [7, 11) is 0. The molecule has 1 saturated heterocycles. The lowest BCUT2D eigenvalue weighted by Gasteiger charge is -2.34. The molecule has 21 heavy (non-hydrogen) atoms. The van der Waals surface area contributed by atoms with E-state index < -0.39 is 10.3 Å². The number of hydrogen-bond donors (Lipinski definition) is 0. The molecule has 1 amide bonds. The number of rotatable bonds is 2. The van der Waals surface area contributed by atoms with E-state index in [-0.39, 0.29) is 22.2 Å². The summed E-state index contributed by atoms with van der Waals surface area (Å²) in [5.41, 5.74) is -0.434. The molecule has 1 aromatic carbocycles. The third kappa shape index (κ3) is 3.14. The Morgan fingerprint density at radius 2 is 2.10 bits per heavy atom. The number of nitriles is 1. The van der Waals surface area contributed by atoms with Crippen molar-refractivity contribution in [3.63, 3.8) is 0 Å². The van der Waals surface area contributed by atoms with Crippen LogP contribution < -0.4 is 0 Å². The molecule has 0 N–H and O–H groups in total. The van der Waals surface area contributed by atoms with Crippen LogP contribution in [0.15, 0.2) is 18.2 Å². The lowest BCUT2D eigenvalue weighted by Crippen LogP contribution is -2.41. The normalized spacial score (nSPS) is 17.1. The molecule has 0 bridgehead atoms. The van der Waals surface area contributed by atoms with Crippen LogP contribution in [0.3, 0.4) is 0 Å². The van der Waals surface area contributed by atoms with Crippen LogP contribution in [0, 0.1) is 26.9 Å². The smallest absolute Gasteiger partial charge is 0.288 e. The Kier molecular flexibility index (Phi) is 4.14. The van der Waals surface area contributed by atoms with Crippen molar-refractivity contribution >= 4 is 23.2 Å². The third-order valence-corrected chi connectivity index (χ3v) is 4.13. The molecular formula is C14H14ClN3O3. The number of benzene rings is 1. The van der Waals surface area contributed by atoms with Crippen LogP contribution in [0.2, 0.25) is 5.02 Å². The van der Waals surface area contributed by atoms with E-state index in [4.69, 9.17) is 16.9 Å². The second-order valence-corrected chi connectivity index (χ2v) is 5.80. The van der Waals surface area contributed by atoms with E-state index in [0.29, 0.717) is 25.9 Å². The Morgan fingerprint density at radius 1 is 1.48 bits per heavy atom. The Bertz CT molecular complexity index is 631. The number of nitro benzene ring substituents is 1. The van der Waals surface area contributed by atoms with Crippen molar-refractivity contribution in [1.82, 2.24) is 4.90 Å². The minimum Gasteiger partial charge on any atom is -0.339 e. The molecule has 0 saturated carbocycles. The molecule has 0 aromatic heterocycles. The molecule has 1 aliphatic heterocycles. The summed E-state index contributed by atoms with van der Waals surface area (Å²) >= 11 is 5.74. The zero-order valence-corrected chi connectivity index (χ0v) is 12.3. The summed E-state index contributed by atoms with van der Waals surface area (Å²) in [5.74, 6) is -0.269. The van der Waals surface area contributed by atoms with E-state index in [2.05, 4.69) is 6.07 Å². The zero-order valence-electron chi connectivity index (χ0n) is 11.5. The van der Waals surface area contributed by atoms with E-state index in [1.807, 2.05) is 6.92 Å². The van der Waals surface area contributed by atoms with E-state index in [1.54, 1.807) is 4.90 Å². The first-order valence-corrected chi connectivity index (χ1v) is 6.88. The molecular weight excluding hydrogens is 294 g/mol. The molecule has 0 aliphatic carbocycles. The molecule has 2 rings (SSSR count). The SMILES string of the molecule is CC1(C#N)CCN(C(=O)c2ccc(Cl)c([N+](=O)[O-])c2)CC1. The number of hydrogen-bond acceptors (Lipinski definition) is 4. The van der Waals surface area contributed by atoms with Crippen molar-refractivity contribution in [2.45, 2.75) is 19.8 Å². The first kappa shape index (κ1) is 15.3. The van der Waals surface area contributed by atoms with Crippen LogP contribution in [0.25, 0.3) is 0 Å². The van der Waals surface area contributed by atoms with Crippen LogP contribution in [0.5, 0.6) is 0 Å². The summed E-state index contributed by atoms with van der Waals surface area (Å²) in [6.45, 7) is 2.82. The Hall–Kier alpha value is -2.13. The van der Waals surface area contributed by atoms with Gasteiger partial charge in [0.05, 0.1) is 16.4 Å². The zero-order chi connectivity index (χ0) is 15.6. The fraction of sp³-hybridized carbons (Fsp3) is 0.429. The highest BCUT2D eigenvalue weighted by molar-refractivity contribution is 6.32. The molecule has 1 heterocycles. The number of carbonyl (C=O) groups is 1. The summed E-state index contributed by atoms with van der Waals surface area (Å²) < 4.78 is 0. The molecule has 1 fully saturated rings. The molecule has 110 valence electrons. The maximum Gasteiger partial charge on any atom is 0.288 e. The average Bonchev–Trinajstić information content (AvgIpc) is 2.47. The molecule has 0 spiro atoms. The van der Waals surface area contributed by atoms with Crippen molar-refractivity contribution in [2.75, 3.05) is 13.1 Å². The highest BCUT2D eigenvalue weighted by atomic mass is 35.5. The second kappa shape index (κ2) is 5.70. The van der Waals surface area contributed by atoms with E-state index in [0.717, 1.165) is 0 Å². The molecule has 7 heteroatoms. The van der Waals surface area contributed by atoms with Gasteiger partial charge in [-0.1, -0.05) is 11.6 Å². The Morgan fingerprint density at radius 3 is 2.62 bits per heavy atom. The minimum atomic E-state index is -0.609. The number of carbonyl (C=O) groups excluding carboxylic acids is 1. The number of likely N-dealkylation sites (tertiary alicyclic amines) is 1. The fourth-order valence-electron chi connectivity index (χ4n) is 2.28. The molecule has 1 aliphatic rings. The number of nitro groups is 1. The van der Waals surface area contributed by atoms with Gasteiger partial charge in [-0.2, -0.15) is 5.26 Å². The van der Waals surface area contributed by atoms with Crippen molar-refractivity contribution < 1.29 is 9.72 Å². The van der Waals surface area contributed by atoms with Crippen LogP contribution in [-0.2, 0) is 0 Å². The molecule has 1 aromatic rings. The van der Waals surface area contributed by atoms with Crippen molar-refractivity contribution in [2.24, 2.45) is 5.41 Å². The van der Waals surface area contributed by atoms with Gasteiger partial charge in [0.25, 0.3) is 11.6 Å². The highest BCUT2D eigenvalue weighted by Crippen LogP contribution is 2.31. The third-order valence-electron chi connectivity index (χ3n) is 3.81. The lowest BCUT2D eigenvalue weighted by atomic mass is 9.82. The maximum atomic E-state index is 12.4. The highest BCUT2D eigenvalue weighted by Gasteiger charge is 2.32. The van der Waals surface area contributed by atoms with Gasteiger partial charge in [-0.3, -0.25) is 14.9 Å². The second-order valence-electron chi connectivity index (χ2n) is 5.39. The fourth-order valence-corrected chi connectivity index (χ4v) is 2.47. The predicted octanol–water partition coefficient (Wildman–Crippen LogP) is 3.01. The molecule has 6 nitrogen and oxygen atoms in total. The number of nitrogens with zero attached hydrogens (tertiary/aromatic N) is 3. The van der Waals surface area contributed by atoms with Crippen LogP contribution >= 0.6 is 11.6 Å². The first-order chi connectivity index (χ1) is 9.86. The quantitative estimate of drug-likeness (QED) is 0.620. The predicted molar refractivity (Wildman–Crippen MR) is 77.0 cm³/mol. The van der Waals surface area contributed by atoms with Crippen LogP contribution in [0.1, 0.15) is 30.1 Å². The van der Waals surface area contributed by atoms with Gasteiger partial charge in [0, 0.05) is 24.7 Å². The molecule has 0 atom stereocenters. The largest absolute Gasteiger partial charge is 0.339 e. The van der Waals surface area contributed by atoms with E-state index >= 15 is 0 Å². The van der Waals surface area contributed by atoms with E-state index in [9.17, 15) is 14.9 Å². The average molecular weight is 308 g/mol. The number of piperidine rings is 1. The van der Waals surface area contributed by atoms with Crippen LogP contribution in [-0.4, -0.2) is 28.8 Å². The lowest BCUT2D eigenvalue weighted by molar-refractivity contribution is -0.384. The van der Waals surface area contributed by atoms with Gasteiger partial charge in [-0.05, 0) is 31.9 Å². The van der Waals surface area contributed by atoms with Gasteiger partial charge in [-0.25, -0.2) is 0 Å². The summed E-state index contributed by atoms with van der Waals surface area (Å²) in [4.78, 5) is 24.2. The minimum absolute atomic E-state index is 0.00671. The summed E-state index contributed by atoms with van der Waals surface area (Å²) in [6, 6.07) is 6.30. The monoisotopic (exact) mass is 307 g/mol. The van der Waals surface area contributed by atoms with Crippen LogP contribution in [0.4, 0.5) is 5.69 Å². The van der Waals surface area contributed by atoms with Gasteiger partial charge in [0.15, 0.2) is 0 Å². The number of amides is 1. The van der Waals surface area contributed by atoms with Gasteiger partial charge in [-0.15, -0.1) is 0 Å². The first-order valence-electron chi connectivity index (χ1n) is 6.51. The Balaban J connectivity index is 2.17. The standard InChI is InChI=1S/C14H14ClN3O3/c1-14(9-16)4-6-17(7-5-14)13(19)10-2-3-11(15)12(8-10)18(20)21/h2-3,8H,4-7H2,1H3. The van der Waals surface area contributed by atoms with E-state index in [1.165, 1.54) is 18.2 Å². The van der Waals surface area contributed by atoms with Gasteiger partial charge in [0.2, 0.25) is 0 Å². The maximum absolute atomic E-state index is 12.4. The summed E-state index contributed by atoms with van der Waals surface area (Å²) in [5, 5.41) is 19.9. The van der Waals surface area contributed by atoms with Gasteiger partial charge < -0.3 is 4.90 Å². The number of halogens is 1. The van der Waals surface area contributed by atoms with Crippen molar-refractivity contribution in [3.05, 3.63) is 38.9 Å². The summed E-state index contributed by atoms with van der Waals surface area (Å²) in [6.07, 6.45) is 1.20. The van der Waals surface area contributed by atoms with Crippen molar-refractivity contribution in [1.29, 1.82) is 5.26 Å². The van der Waals surface area contributed by atoms with Gasteiger partial charge in [0.1, 0.15) is 5.02 Å². The molecule has 0 unspecified atom stereocenters. The van der Waals surface area contributed by atoms with Gasteiger partial charge >= 0.3 is 0 Å². The molecule has 0 radical (unpaired) electrons.